The van der Waals surface area contributed by atoms with E-state index in [1.165, 1.54) is 6.42 Å². The Kier molecular flexibility index (Phi) is 8.13. The minimum Gasteiger partial charge on any atom is -0.462 e. The third kappa shape index (κ3) is 4.97. The highest BCUT2D eigenvalue weighted by atomic mass is 35.5. The predicted octanol–water partition coefficient (Wildman–Crippen LogP) is 3.81. The Morgan fingerprint density at radius 3 is 2.43 bits per heavy atom. The number of carbonyl (C=O) groups is 2. The number of hydrogen-bond donors (Lipinski definition) is 3. The molecule has 2 bridgehead atoms. The number of ether oxygens (including phenoxy) is 1. The third-order valence-corrected chi connectivity index (χ3v) is 5.94. The molecule has 156 valence electrons. The van der Waals surface area contributed by atoms with Crippen LogP contribution in [-0.2, 0) is 9.53 Å². The summed E-state index contributed by atoms with van der Waals surface area (Å²) in [5, 5.41) is 6.30. The largest absolute Gasteiger partial charge is 0.462 e. The van der Waals surface area contributed by atoms with E-state index in [-0.39, 0.29) is 36.2 Å². The highest BCUT2D eigenvalue weighted by Crippen LogP contribution is 2.42. The fraction of sp³-hybridized carbons (Fsp3) is 0.619. The van der Waals surface area contributed by atoms with E-state index < -0.39 is 0 Å². The van der Waals surface area contributed by atoms with Crippen LogP contribution in [0.5, 0.6) is 0 Å². The van der Waals surface area contributed by atoms with Gasteiger partial charge >= 0.3 is 5.97 Å². The van der Waals surface area contributed by atoms with Gasteiger partial charge in [0, 0.05) is 18.5 Å². The van der Waals surface area contributed by atoms with Gasteiger partial charge in [0.1, 0.15) is 0 Å². The van der Waals surface area contributed by atoms with Crippen molar-refractivity contribution in [2.45, 2.75) is 52.0 Å². The van der Waals surface area contributed by atoms with Crippen LogP contribution in [0.2, 0.25) is 0 Å². The van der Waals surface area contributed by atoms with Crippen LogP contribution >= 0.6 is 12.4 Å². The summed E-state index contributed by atoms with van der Waals surface area (Å²) in [6.07, 6.45) is 5.20. The molecule has 2 saturated carbocycles. The molecule has 0 aliphatic heterocycles. The highest BCUT2D eigenvalue weighted by Gasteiger charge is 2.40. The number of esters is 1. The van der Waals surface area contributed by atoms with Crippen LogP contribution in [0.15, 0.2) is 18.2 Å². The molecule has 0 heterocycles. The molecular weight excluding hydrogens is 378 g/mol. The number of nitrogens with one attached hydrogen (secondary N) is 2. The molecule has 0 spiro atoms. The highest BCUT2D eigenvalue weighted by molar-refractivity contribution is 5.99. The zero-order valence-corrected chi connectivity index (χ0v) is 17.5. The number of nitrogens with two attached hydrogens (primary N) is 1. The standard InChI is InChI=1S/C21H31N3O3.ClH/c1-3-23-17-9-8-15(21(26)27-4-2)12-18(17)24-20(25)16-10-13-6-5-7-14(11-16)19(13)22;/h8-9,12-14,16,19,23H,3-7,10-11,22H2,1-2H3,(H,24,25);1H. The summed E-state index contributed by atoms with van der Waals surface area (Å²) in [6, 6.07) is 5.47. The smallest absolute Gasteiger partial charge is 0.338 e. The van der Waals surface area contributed by atoms with Crippen molar-refractivity contribution >= 4 is 35.7 Å². The molecule has 7 heteroatoms. The number of fused-ring (bicyclic) bond motifs is 2. The first-order valence-corrected chi connectivity index (χ1v) is 10.1. The average molecular weight is 410 g/mol. The summed E-state index contributed by atoms with van der Waals surface area (Å²) in [5.74, 6) is 0.536. The molecule has 6 nitrogen and oxygen atoms in total. The normalized spacial score (nSPS) is 26.0. The van der Waals surface area contributed by atoms with Gasteiger partial charge in [-0.1, -0.05) is 6.42 Å². The van der Waals surface area contributed by atoms with E-state index in [4.69, 9.17) is 10.5 Å². The number of benzene rings is 1. The van der Waals surface area contributed by atoms with E-state index in [9.17, 15) is 9.59 Å². The van der Waals surface area contributed by atoms with Crippen LogP contribution in [0.4, 0.5) is 11.4 Å². The van der Waals surface area contributed by atoms with Gasteiger partial charge in [-0.2, -0.15) is 0 Å². The van der Waals surface area contributed by atoms with Gasteiger partial charge in [0.25, 0.3) is 0 Å². The Bertz CT molecular complexity index is 683. The topological polar surface area (TPSA) is 93.5 Å². The van der Waals surface area contributed by atoms with Gasteiger partial charge in [-0.15, -0.1) is 12.4 Å². The Morgan fingerprint density at radius 1 is 1.14 bits per heavy atom. The molecule has 28 heavy (non-hydrogen) atoms. The molecule has 0 radical (unpaired) electrons. The SMILES string of the molecule is CCNc1ccc(C(=O)OCC)cc1NC(=O)C1CC2CCCC(C1)C2N.Cl. The number of anilines is 2. The number of rotatable bonds is 6. The van der Waals surface area contributed by atoms with Crippen LogP contribution in [0.1, 0.15) is 56.3 Å². The maximum absolute atomic E-state index is 13.0. The first-order chi connectivity index (χ1) is 13.0. The van der Waals surface area contributed by atoms with Crippen LogP contribution in [0, 0.1) is 17.8 Å². The van der Waals surface area contributed by atoms with E-state index in [1.807, 2.05) is 13.0 Å². The molecule has 1 aromatic rings. The van der Waals surface area contributed by atoms with Crippen LogP contribution in [0.3, 0.4) is 0 Å². The summed E-state index contributed by atoms with van der Waals surface area (Å²) in [5.41, 5.74) is 8.24. The van der Waals surface area contributed by atoms with Gasteiger partial charge in [0.05, 0.1) is 23.5 Å². The molecule has 2 aliphatic rings. The maximum atomic E-state index is 13.0. The second kappa shape index (κ2) is 10.1. The van der Waals surface area contributed by atoms with E-state index in [2.05, 4.69) is 10.6 Å². The first-order valence-electron chi connectivity index (χ1n) is 10.1. The Morgan fingerprint density at radius 2 is 1.82 bits per heavy atom. The third-order valence-electron chi connectivity index (χ3n) is 5.94. The quantitative estimate of drug-likeness (QED) is 0.621. The van der Waals surface area contributed by atoms with Crippen molar-refractivity contribution in [1.82, 2.24) is 0 Å². The molecule has 4 N–H and O–H groups in total. The van der Waals surface area contributed by atoms with Gasteiger partial charge in [-0.25, -0.2) is 4.79 Å². The molecule has 2 fully saturated rings. The van der Waals surface area contributed by atoms with Crippen molar-refractivity contribution in [3.8, 4) is 0 Å². The second-order valence-corrected chi connectivity index (χ2v) is 7.70. The molecule has 2 atom stereocenters. The van der Waals surface area contributed by atoms with Crippen LogP contribution < -0.4 is 16.4 Å². The average Bonchev–Trinajstić information content (AvgIpc) is 2.63. The van der Waals surface area contributed by atoms with Crippen molar-refractivity contribution < 1.29 is 14.3 Å². The van der Waals surface area contributed by atoms with Gasteiger partial charge < -0.3 is 21.1 Å². The number of amides is 1. The summed E-state index contributed by atoms with van der Waals surface area (Å²) in [4.78, 5) is 25.0. The Balaban J connectivity index is 0.00000280. The number of halogens is 1. The second-order valence-electron chi connectivity index (χ2n) is 7.70. The van der Waals surface area contributed by atoms with Gasteiger partial charge in [-0.3, -0.25) is 4.79 Å². The lowest BCUT2D eigenvalue weighted by Gasteiger charge is -2.43. The maximum Gasteiger partial charge on any atom is 0.338 e. The van der Waals surface area contributed by atoms with E-state index in [0.29, 0.717) is 29.7 Å². The first kappa shape index (κ1) is 22.5. The lowest BCUT2D eigenvalue weighted by atomic mass is 9.65. The fourth-order valence-corrected chi connectivity index (χ4v) is 4.57. The summed E-state index contributed by atoms with van der Waals surface area (Å²) in [6.45, 7) is 4.82. The fourth-order valence-electron chi connectivity index (χ4n) is 4.57. The molecule has 2 aliphatic carbocycles. The minimum absolute atomic E-state index is 0. The molecule has 3 rings (SSSR count). The van der Waals surface area contributed by atoms with Crippen molar-refractivity contribution in [2.24, 2.45) is 23.5 Å². The van der Waals surface area contributed by atoms with E-state index in [1.54, 1.807) is 19.1 Å². The monoisotopic (exact) mass is 409 g/mol. The van der Waals surface area contributed by atoms with Crippen LogP contribution in [-0.4, -0.2) is 31.1 Å². The summed E-state index contributed by atoms with van der Waals surface area (Å²) in [7, 11) is 0. The molecule has 0 saturated heterocycles. The zero-order valence-electron chi connectivity index (χ0n) is 16.7. The number of hydrogen-bond acceptors (Lipinski definition) is 5. The van der Waals surface area contributed by atoms with E-state index >= 15 is 0 Å². The predicted molar refractivity (Wildman–Crippen MR) is 114 cm³/mol. The lowest BCUT2D eigenvalue weighted by molar-refractivity contribution is -0.122. The molecule has 1 amide bonds. The van der Waals surface area contributed by atoms with Crippen molar-refractivity contribution in [1.29, 1.82) is 0 Å². The molecule has 0 aromatic heterocycles. The van der Waals surface area contributed by atoms with Crippen molar-refractivity contribution in [2.75, 3.05) is 23.8 Å². The molecular formula is C21H32ClN3O3. The van der Waals surface area contributed by atoms with Crippen molar-refractivity contribution in [3.05, 3.63) is 23.8 Å². The summed E-state index contributed by atoms with van der Waals surface area (Å²) >= 11 is 0. The summed E-state index contributed by atoms with van der Waals surface area (Å²) < 4.78 is 5.08. The Hall–Kier alpha value is -1.79. The van der Waals surface area contributed by atoms with Gasteiger partial charge in [-0.05, 0) is 69.6 Å². The van der Waals surface area contributed by atoms with Crippen LogP contribution in [0.25, 0.3) is 0 Å². The lowest BCUT2D eigenvalue weighted by Crippen LogP contribution is -2.48. The molecule has 1 aromatic carbocycles. The van der Waals surface area contributed by atoms with Gasteiger partial charge in [0.2, 0.25) is 5.91 Å². The van der Waals surface area contributed by atoms with Gasteiger partial charge in [0.15, 0.2) is 0 Å². The number of carbonyl (C=O) groups excluding carboxylic acids is 2. The molecule has 2 unspecified atom stereocenters. The van der Waals surface area contributed by atoms with Crippen molar-refractivity contribution in [3.63, 3.8) is 0 Å². The van der Waals surface area contributed by atoms with E-state index in [0.717, 1.165) is 37.9 Å². The minimum atomic E-state index is -0.380. The zero-order chi connectivity index (χ0) is 19.4. The Labute approximate surface area is 173 Å².